The summed E-state index contributed by atoms with van der Waals surface area (Å²) < 4.78 is 23.0. The number of rotatable bonds is 9. The summed E-state index contributed by atoms with van der Waals surface area (Å²) in [7, 11) is 3.18. The van der Waals surface area contributed by atoms with Crippen LogP contribution in [0.1, 0.15) is 38.9 Å². The molecule has 0 aliphatic carbocycles. The molecule has 41 heavy (non-hydrogen) atoms. The summed E-state index contributed by atoms with van der Waals surface area (Å²) in [5.74, 6) is 1.67. The fourth-order valence-corrected chi connectivity index (χ4v) is 5.35. The molecule has 7 heteroatoms. The van der Waals surface area contributed by atoms with Crippen molar-refractivity contribution < 1.29 is 23.4 Å². The van der Waals surface area contributed by atoms with Gasteiger partial charge in [0.2, 0.25) is 5.76 Å². The van der Waals surface area contributed by atoms with Crippen LogP contribution in [0.5, 0.6) is 17.2 Å². The normalized spacial score (nSPS) is 14.2. The summed E-state index contributed by atoms with van der Waals surface area (Å²) in [5, 5.41) is 0.447. The van der Waals surface area contributed by atoms with E-state index < -0.39 is 6.04 Å². The number of para-hydroxylation sites is 1. The molecule has 0 saturated heterocycles. The smallest absolute Gasteiger partial charge is 0.290 e. The molecular weight excluding hydrogens is 518 g/mol. The predicted molar refractivity (Wildman–Crippen MR) is 156 cm³/mol. The number of nitrogens with zero attached hydrogens (tertiary/aromatic N) is 1. The molecule has 7 nitrogen and oxygen atoms in total. The molecule has 0 radical (unpaired) electrons. The first-order valence-corrected chi connectivity index (χ1v) is 13.4. The fourth-order valence-electron chi connectivity index (χ4n) is 5.35. The Morgan fingerprint density at radius 1 is 0.780 bits per heavy atom. The minimum atomic E-state index is -0.626. The molecule has 0 bridgehead atoms. The van der Waals surface area contributed by atoms with E-state index in [4.69, 9.17) is 18.6 Å². The third-order valence-electron chi connectivity index (χ3n) is 7.38. The number of ether oxygens (including phenoxy) is 3. The molecule has 1 atom stereocenters. The molecule has 0 N–H and O–H groups in total. The number of amides is 1. The van der Waals surface area contributed by atoms with E-state index in [2.05, 4.69) is 0 Å². The van der Waals surface area contributed by atoms with Crippen molar-refractivity contribution in [2.45, 2.75) is 19.1 Å². The van der Waals surface area contributed by atoms with E-state index in [-0.39, 0.29) is 17.1 Å². The van der Waals surface area contributed by atoms with Gasteiger partial charge in [-0.25, -0.2) is 0 Å². The quantitative estimate of drug-likeness (QED) is 0.219. The molecular formula is C34H29NO6. The van der Waals surface area contributed by atoms with Crippen LogP contribution in [-0.2, 0) is 13.0 Å². The highest BCUT2D eigenvalue weighted by molar-refractivity contribution is 5.99. The number of carbonyl (C=O) groups is 1. The zero-order valence-electron chi connectivity index (χ0n) is 22.8. The SMILES string of the molecule is COc1ccc(CCN2C(=O)c3oc4ccccc4c(=O)c3C2c2cccc(OCc3ccccc3)c2)cc1OC. The van der Waals surface area contributed by atoms with Crippen LogP contribution in [-0.4, -0.2) is 31.6 Å². The number of benzene rings is 4. The highest BCUT2D eigenvalue weighted by Gasteiger charge is 2.42. The number of fused-ring (bicyclic) bond motifs is 2. The van der Waals surface area contributed by atoms with E-state index in [1.165, 1.54) is 0 Å². The molecule has 0 saturated carbocycles. The van der Waals surface area contributed by atoms with E-state index in [0.717, 1.165) is 16.7 Å². The standard InChI is InChI=1S/C34H29NO6/c1-38-28-16-15-22(19-29(28)39-2)17-18-35-31(24-11-8-12-25(20-24)40-21-23-9-4-3-5-10-23)30-32(36)26-13-6-7-14-27(26)41-33(30)34(35)37/h3-16,19-20,31H,17-18,21H2,1-2H3. The van der Waals surface area contributed by atoms with E-state index in [1.807, 2.05) is 72.8 Å². The lowest BCUT2D eigenvalue weighted by Crippen LogP contribution is -2.31. The molecule has 0 fully saturated rings. The Labute approximate surface area is 237 Å². The molecule has 206 valence electrons. The van der Waals surface area contributed by atoms with Crippen molar-refractivity contribution in [1.29, 1.82) is 0 Å². The molecule has 1 aliphatic heterocycles. The molecule has 0 spiro atoms. The van der Waals surface area contributed by atoms with Gasteiger partial charge in [-0.2, -0.15) is 0 Å². The number of carbonyl (C=O) groups excluding carboxylic acids is 1. The van der Waals surface area contributed by atoms with Crippen LogP contribution in [0.4, 0.5) is 0 Å². The van der Waals surface area contributed by atoms with Gasteiger partial charge in [0.25, 0.3) is 5.91 Å². The van der Waals surface area contributed by atoms with Crippen LogP contribution in [0.15, 0.2) is 106 Å². The van der Waals surface area contributed by atoms with Crippen LogP contribution in [0.25, 0.3) is 11.0 Å². The van der Waals surface area contributed by atoms with E-state index in [1.54, 1.807) is 43.4 Å². The van der Waals surface area contributed by atoms with Crippen molar-refractivity contribution in [2.75, 3.05) is 20.8 Å². The zero-order chi connectivity index (χ0) is 28.3. The summed E-state index contributed by atoms with van der Waals surface area (Å²) in [6.45, 7) is 0.758. The second-order valence-corrected chi connectivity index (χ2v) is 9.86. The Kier molecular flexibility index (Phi) is 7.17. The lowest BCUT2D eigenvalue weighted by atomic mass is 9.98. The van der Waals surface area contributed by atoms with Crippen molar-refractivity contribution in [3.05, 3.63) is 135 Å². The van der Waals surface area contributed by atoms with Gasteiger partial charge in [0.05, 0.1) is 31.2 Å². The third-order valence-corrected chi connectivity index (χ3v) is 7.38. The summed E-state index contributed by atoms with van der Waals surface area (Å²) in [6, 6.07) is 29.6. The average Bonchev–Trinajstić information content (AvgIpc) is 3.30. The van der Waals surface area contributed by atoms with Gasteiger partial charge < -0.3 is 23.5 Å². The molecule has 1 amide bonds. The van der Waals surface area contributed by atoms with Gasteiger partial charge in [-0.3, -0.25) is 9.59 Å². The lowest BCUT2D eigenvalue weighted by molar-refractivity contribution is 0.0729. The lowest BCUT2D eigenvalue weighted by Gasteiger charge is -2.25. The number of methoxy groups -OCH3 is 2. The van der Waals surface area contributed by atoms with Crippen molar-refractivity contribution in [1.82, 2.24) is 4.90 Å². The van der Waals surface area contributed by atoms with Gasteiger partial charge in [-0.05, 0) is 59.5 Å². The fraction of sp³-hybridized carbons (Fsp3) is 0.176. The van der Waals surface area contributed by atoms with Gasteiger partial charge in [0.1, 0.15) is 17.9 Å². The first-order valence-electron chi connectivity index (χ1n) is 13.4. The Hall–Kier alpha value is -5.04. The van der Waals surface area contributed by atoms with Gasteiger partial charge in [0, 0.05) is 6.54 Å². The highest BCUT2D eigenvalue weighted by Crippen LogP contribution is 2.39. The van der Waals surface area contributed by atoms with Gasteiger partial charge in [-0.1, -0.05) is 60.7 Å². The third kappa shape index (κ3) is 5.02. The van der Waals surface area contributed by atoms with Crippen molar-refractivity contribution >= 4 is 16.9 Å². The monoisotopic (exact) mass is 547 g/mol. The Morgan fingerprint density at radius 2 is 1.56 bits per heavy atom. The molecule has 1 aliphatic rings. The summed E-state index contributed by atoms with van der Waals surface area (Å²) in [6.07, 6.45) is 0.536. The minimum absolute atomic E-state index is 0.0848. The van der Waals surface area contributed by atoms with E-state index in [0.29, 0.717) is 53.4 Å². The first kappa shape index (κ1) is 26.2. The molecule has 5 aromatic rings. The van der Waals surface area contributed by atoms with Crippen LogP contribution >= 0.6 is 0 Å². The molecule has 4 aromatic carbocycles. The van der Waals surface area contributed by atoms with Crippen LogP contribution in [0, 0.1) is 0 Å². The Morgan fingerprint density at radius 3 is 2.37 bits per heavy atom. The number of hydrogen-bond donors (Lipinski definition) is 0. The summed E-state index contributed by atoms with van der Waals surface area (Å²) >= 11 is 0. The summed E-state index contributed by atoms with van der Waals surface area (Å²) in [5.41, 5.74) is 3.32. The van der Waals surface area contributed by atoms with Gasteiger partial charge in [-0.15, -0.1) is 0 Å². The summed E-state index contributed by atoms with van der Waals surface area (Å²) in [4.78, 5) is 29.4. The van der Waals surface area contributed by atoms with Crippen molar-refractivity contribution in [3.8, 4) is 17.2 Å². The predicted octanol–water partition coefficient (Wildman–Crippen LogP) is 6.18. The maximum atomic E-state index is 13.8. The zero-order valence-corrected chi connectivity index (χ0v) is 22.8. The molecule has 1 unspecified atom stereocenters. The largest absolute Gasteiger partial charge is 0.493 e. The van der Waals surface area contributed by atoms with E-state index >= 15 is 0 Å². The molecule has 6 rings (SSSR count). The van der Waals surface area contributed by atoms with Crippen LogP contribution < -0.4 is 19.6 Å². The maximum absolute atomic E-state index is 13.8. The van der Waals surface area contributed by atoms with Gasteiger partial charge >= 0.3 is 0 Å². The first-order chi connectivity index (χ1) is 20.1. The Bertz CT molecular complexity index is 1780. The van der Waals surface area contributed by atoms with Crippen molar-refractivity contribution in [2.24, 2.45) is 0 Å². The Balaban J connectivity index is 1.38. The highest BCUT2D eigenvalue weighted by atomic mass is 16.5. The molecule has 1 aromatic heterocycles. The van der Waals surface area contributed by atoms with E-state index in [9.17, 15) is 9.59 Å². The van der Waals surface area contributed by atoms with Crippen molar-refractivity contribution in [3.63, 3.8) is 0 Å². The van der Waals surface area contributed by atoms with Gasteiger partial charge in [0.15, 0.2) is 16.9 Å². The second kappa shape index (κ2) is 11.2. The second-order valence-electron chi connectivity index (χ2n) is 9.86. The number of hydrogen-bond acceptors (Lipinski definition) is 6. The molecule has 2 heterocycles. The minimum Gasteiger partial charge on any atom is -0.493 e. The average molecular weight is 548 g/mol. The van der Waals surface area contributed by atoms with Crippen LogP contribution in [0.3, 0.4) is 0 Å². The maximum Gasteiger partial charge on any atom is 0.290 e. The van der Waals surface area contributed by atoms with Crippen LogP contribution in [0.2, 0.25) is 0 Å². The topological polar surface area (TPSA) is 78.2 Å².